The van der Waals surface area contributed by atoms with E-state index in [-0.39, 0.29) is 17.3 Å². The lowest BCUT2D eigenvalue weighted by atomic mass is 10.1. The lowest BCUT2D eigenvalue weighted by Crippen LogP contribution is -2.02. The van der Waals surface area contributed by atoms with Crippen LogP contribution >= 0.6 is 27.5 Å². The lowest BCUT2D eigenvalue weighted by molar-refractivity contribution is -0.139. The molecule has 1 rings (SSSR count). The van der Waals surface area contributed by atoms with Crippen LogP contribution in [0.5, 0.6) is 0 Å². The van der Waals surface area contributed by atoms with Gasteiger partial charge < -0.3 is 5.11 Å². The molecule has 0 heterocycles. The molecule has 1 saturated carbocycles. The summed E-state index contributed by atoms with van der Waals surface area (Å²) in [6, 6.07) is 0. The maximum absolute atomic E-state index is 10.7. The number of halogens is 2. The Labute approximate surface area is 84.7 Å². The minimum absolute atomic E-state index is 0.0573. The van der Waals surface area contributed by atoms with Crippen LogP contribution in [0.4, 0.5) is 0 Å². The molecular formula is C8H10BrClO2. The number of hydrogen-bond acceptors (Lipinski definition) is 1. The first kappa shape index (κ1) is 10.1. The van der Waals surface area contributed by atoms with Crippen molar-refractivity contribution < 1.29 is 9.90 Å². The summed E-state index contributed by atoms with van der Waals surface area (Å²) in [6.07, 6.45) is 1.75. The Kier molecular flexibility index (Phi) is 2.55. The number of rotatable bonds is 2. The second kappa shape index (κ2) is 3.04. The topological polar surface area (TPSA) is 37.3 Å². The number of carbonyl (C=O) groups is 1. The zero-order valence-corrected chi connectivity index (χ0v) is 9.19. The van der Waals surface area contributed by atoms with Crippen molar-refractivity contribution in [3.05, 3.63) is 10.0 Å². The Morgan fingerprint density at radius 2 is 2.17 bits per heavy atom. The first-order valence-electron chi connectivity index (χ1n) is 3.63. The van der Waals surface area contributed by atoms with Crippen LogP contribution in [0.1, 0.15) is 13.8 Å². The average molecular weight is 254 g/mol. The zero-order chi connectivity index (χ0) is 9.52. The molecule has 68 valence electrons. The van der Waals surface area contributed by atoms with E-state index in [0.29, 0.717) is 3.94 Å². The minimum Gasteiger partial charge on any atom is -0.481 e. The molecule has 0 saturated heterocycles. The summed E-state index contributed by atoms with van der Waals surface area (Å²) in [4.78, 5) is 10.7. The van der Waals surface area contributed by atoms with Gasteiger partial charge in [-0.1, -0.05) is 31.5 Å². The van der Waals surface area contributed by atoms with Crippen molar-refractivity contribution in [1.82, 2.24) is 0 Å². The van der Waals surface area contributed by atoms with Crippen molar-refractivity contribution in [1.29, 1.82) is 0 Å². The molecule has 0 radical (unpaired) electrons. The van der Waals surface area contributed by atoms with Crippen LogP contribution in [0.25, 0.3) is 0 Å². The fraction of sp³-hybridized carbons (Fsp3) is 0.625. The summed E-state index contributed by atoms with van der Waals surface area (Å²) < 4.78 is 0.490. The van der Waals surface area contributed by atoms with Crippen molar-refractivity contribution in [2.45, 2.75) is 13.8 Å². The smallest absolute Gasteiger partial charge is 0.307 e. The highest BCUT2D eigenvalue weighted by Gasteiger charge is 2.60. The van der Waals surface area contributed by atoms with E-state index in [1.807, 2.05) is 13.8 Å². The molecule has 0 aromatic rings. The molecule has 1 aliphatic rings. The van der Waals surface area contributed by atoms with Gasteiger partial charge in [0.15, 0.2) is 0 Å². The third-order valence-electron chi connectivity index (χ3n) is 2.48. The molecule has 0 aliphatic heterocycles. The molecule has 1 aliphatic carbocycles. The fourth-order valence-electron chi connectivity index (χ4n) is 1.60. The Morgan fingerprint density at radius 3 is 2.42 bits per heavy atom. The van der Waals surface area contributed by atoms with Crippen molar-refractivity contribution in [2.75, 3.05) is 0 Å². The van der Waals surface area contributed by atoms with Gasteiger partial charge in [-0.3, -0.25) is 4.79 Å². The monoisotopic (exact) mass is 252 g/mol. The highest BCUT2D eigenvalue weighted by Crippen LogP contribution is 2.59. The highest BCUT2D eigenvalue weighted by molar-refractivity contribution is 9.12. The maximum Gasteiger partial charge on any atom is 0.307 e. The quantitative estimate of drug-likeness (QED) is 0.822. The van der Waals surface area contributed by atoms with Gasteiger partial charge in [-0.25, -0.2) is 0 Å². The molecule has 0 unspecified atom stereocenters. The highest BCUT2D eigenvalue weighted by atomic mass is 79.9. The van der Waals surface area contributed by atoms with Crippen LogP contribution in [0.3, 0.4) is 0 Å². The Morgan fingerprint density at radius 1 is 1.67 bits per heavy atom. The molecule has 0 amide bonds. The van der Waals surface area contributed by atoms with Gasteiger partial charge >= 0.3 is 5.97 Å². The van der Waals surface area contributed by atoms with E-state index in [0.717, 1.165) is 0 Å². The van der Waals surface area contributed by atoms with Gasteiger partial charge in [0.05, 0.1) is 9.86 Å². The van der Waals surface area contributed by atoms with E-state index < -0.39 is 5.97 Å². The Balaban J connectivity index is 2.73. The van der Waals surface area contributed by atoms with Crippen molar-refractivity contribution in [3.8, 4) is 0 Å². The predicted molar refractivity (Wildman–Crippen MR) is 51.3 cm³/mol. The van der Waals surface area contributed by atoms with Crippen LogP contribution in [-0.4, -0.2) is 11.1 Å². The van der Waals surface area contributed by atoms with Gasteiger partial charge in [-0.2, -0.15) is 0 Å². The molecule has 2 nitrogen and oxygen atoms in total. The SMILES string of the molecule is CC1(C)[C@@H](C=C(Cl)Br)[C@@H]1C(=O)O. The summed E-state index contributed by atoms with van der Waals surface area (Å²) >= 11 is 8.67. The van der Waals surface area contributed by atoms with E-state index in [4.69, 9.17) is 16.7 Å². The number of carboxylic acids is 1. The van der Waals surface area contributed by atoms with E-state index in [2.05, 4.69) is 15.9 Å². The van der Waals surface area contributed by atoms with Crippen LogP contribution in [-0.2, 0) is 4.79 Å². The normalized spacial score (nSPS) is 33.2. The van der Waals surface area contributed by atoms with Crippen LogP contribution in [0.15, 0.2) is 10.0 Å². The lowest BCUT2D eigenvalue weighted by Gasteiger charge is -1.96. The van der Waals surface area contributed by atoms with Gasteiger partial charge in [0, 0.05) is 0 Å². The predicted octanol–water partition coefficient (Wildman–Crippen LogP) is 2.82. The summed E-state index contributed by atoms with van der Waals surface area (Å²) in [5, 5.41) is 8.78. The van der Waals surface area contributed by atoms with Crippen molar-refractivity contribution in [2.24, 2.45) is 17.3 Å². The Hall–Kier alpha value is -0.0200. The van der Waals surface area contributed by atoms with Gasteiger partial charge in [0.25, 0.3) is 0 Å². The van der Waals surface area contributed by atoms with Gasteiger partial charge in [0.2, 0.25) is 0 Å². The number of carboxylic acid groups (broad SMARTS) is 1. The molecule has 1 fully saturated rings. The molecule has 12 heavy (non-hydrogen) atoms. The average Bonchev–Trinajstić information content (AvgIpc) is 2.32. The number of hydrogen-bond donors (Lipinski definition) is 1. The first-order valence-corrected chi connectivity index (χ1v) is 4.80. The largest absolute Gasteiger partial charge is 0.481 e. The van der Waals surface area contributed by atoms with Crippen LogP contribution < -0.4 is 0 Å². The minimum atomic E-state index is -0.744. The molecular weight excluding hydrogens is 243 g/mol. The third kappa shape index (κ3) is 1.67. The zero-order valence-electron chi connectivity index (χ0n) is 6.84. The Bertz CT molecular complexity index is 243. The molecule has 4 heteroatoms. The fourth-order valence-corrected chi connectivity index (χ4v) is 2.02. The second-order valence-electron chi connectivity index (χ2n) is 3.62. The van der Waals surface area contributed by atoms with Crippen LogP contribution in [0, 0.1) is 17.3 Å². The maximum atomic E-state index is 10.7. The molecule has 0 bridgehead atoms. The van der Waals surface area contributed by atoms with Crippen LogP contribution in [0.2, 0.25) is 0 Å². The summed E-state index contributed by atoms with van der Waals surface area (Å²) in [7, 11) is 0. The molecule has 2 atom stereocenters. The molecule has 0 aromatic carbocycles. The van der Waals surface area contributed by atoms with E-state index in [1.54, 1.807) is 6.08 Å². The molecule has 0 spiro atoms. The van der Waals surface area contributed by atoms with Gasteiger partial charge in [-0.05, 0) is 27.3 Å². The van der Waals surface area contributed by atoms with Gasteiger partial charge in [0.1, 0.15) is 0 Å². The first-order chi connectivity index (χ1) is 5.37. The van der Waals surface area contributed by atoms with E-state index >= 15 is 0 Å². The number of allylic oxidation sites excluding steroid dienone is 1. The van der Waals surface area contributed by atoms with Gasteiger partial charge in [-0.15, -0.1) is 0 Å². The molecule has 0 aromatic heterocycles. The number of aliphatic carboxylic acids is 1. The summed E-state index contributed by atoms with van der Waals surface area (Å²) in [5.41, 5.74) is -0.153. The van der Waals surface area contributed by atoms with Crippen molar-refractivity contribution in [3.63, 3.8) is 0 Å². The summed E-state index contributed by atoms with van der Waals surface area (Å²) in [6.45, 7) is 3.86. The summed E-state index contributed by atoms with van der Waals surface area (Å²) in [5.74, 6) is -0.975. The van der Waals surface area contributed by atoms with Crippen molar-refractivity contribution >= 4 is 33.5 Å². The van der Waals surface area contributed by atoms with E-state index in [1.165, 1.54) is 0 Å². The third-order valence-corrected chi connectivity index (χ3v) is 2.87. The molecule has 1 N–H and O–H groups in total. The second-order valence-corrected chi connectivity index (χ2v) is 5.34. The standard InChI is InChI=1S/C8H10BrClO2/c1-8(2)4(3-5(9)10)6(8)7(11)12/h3-4,6H,1-2H3,(H,11,12)/t4-,6+/m0/s1. The van der Waals surface area contributed by atoms with E-state index in [9.17, 15) is 4.79 Å².